The number of hydrogen-bond donors (Lipinski definition) is 1. The van der Waals surface area contributed by atoms with Crippen molar-refractivity contribution in [1.29, 1.82) is 0 Å². The van der Waals surface area contributed by atoms with Gasteiger partial charge in [0.2, 0.25) is 0 Å². The van der Waals surface area contributed by atoms with Crippen molar-refractivity contribution in [1.82, 2.24) is 20.2 Å². The molecule has 0 saturated heterocycles. The minimum atomic E-state index is 0.368. The molecule has 1 aromatic rings. The van der Waals surface area contributed by atoms with Gasteiger partial charge in [-0.15, -0.1) is 5.10 Å². The van der Waals surface area contributed by atoms with Crippen LogP contribution in [0.15, 0.2) is 0 Å². The Morgan fingerprint density at radius 1 is 1.62 bits per heavy atom. The normalized spacial score (nSPS) is 13.2. The summed E-state index contributed by atoms with van der Waals surface area (Å²) in [5, 5.41) is 11.2. The van der Waals surface area contributed by atoms with E-state index in [0.29, 0.717) is 24.9 Å². The lowest BCUT2D eigenvalue weighted by Gasteiger charge is -2.09. The SMILES string of the molecule is COCC(C)Cn1nnnc1CN. The smallest absolute Gasteiger partial charge is 0.164 e. The highest BCUT2D eigenvalue weighted by molar-refractivity contribution is 4.78. The minimum absolute atomic E-state index is 0.368. The van der Waals surface area contributed by atoms with E-state index in [1.807, 2.05) is 0 Å². The third kappa shape index (κ3) is 2.74. The Hall–Kier alpha value is -1.01. The summed E-state index contributed by atoms with van der Waals surface area (Å²) in [4.78, 5) is 0. The molecule has 0 saturated carbocycles. The van der Waals surface area contributed by atoms with Crippen LogP contribution in [0.25, 0.3) is 0 Å². The highest BCUT2D eigenvalue weighted by Crippen LogP contribution is 2.00. The third-order valence-corrected chi connectivity index (χ3v) is 1.72. The molecule has 1 atom stereocenters. The lowest BCUT2D eigenvalue weighted by Crippen LogP contribution is -2.17. The molecule has 0 spiro atoms. The molecule has 6 heteroatoms. The Morgan fingerprint density at radius 2 is 2.38 bits per heavy atom. The van der Waals surface area contributed by atoms with Crippen LogP contribution < -0.4 is 5.73 Å². The topological polar surface area (TPSA) is 78.8 Å². The van der Waals surface area contributed by atoms with Crippen LogP contribution in [0.4, 0.5) is 0 Å². The molecule has 1 unspecified atom stereocenters. The number of tetrazole rings is 1. The number of methoxy groups -OCH3 is 1. The lowest BCUT2D eigenvalue weighted by atomic mass is 10.2. The highest BCUT2D eigenvalue weighted by atomic mass is 16.5. The van der Waals surface area contributed by atoms with Gasteiger partial charge in [-0.1, -0.05) is 6.92 Å². The van der Waals surface area contributed by atoms with Crippen molar-refractivity contribution in [2.75, 3.05) is 13.7 Å². The van der Waals surface area contributed by atoms with Crippen LogP contribution in [-0.4, -0.2) is 33.9 Å². The molecule has 6 nitrogen and oxygen atoms in total. The second-order valence-corrected chi connectivity index (χ2v) is 3.04. The molecule has 13 heavy (non-hydrogen) atoms. The van der Waals surface area contributed by atoms with Crippen molar-refractivity contribution in [3.8, 4) is 0 Å². The molecule has 0 amide bonds. The van der Waals surface area contributed by atoms with Gasteiger partial charge < -0.3 is 10.5 Å². The molecular formula is C7H15N5O. The Labute approximate surface area is 77.1 Å². The number of rotatable bonds is 5. The van der Waals surface area contributed by atoms with Crippen LogP contribution in [-0.2, 0) is 17.8 Å². The van der Waals surface area contributed by atoms with Crippen molar-refractivity contribution in [2.45, 2.75) is 20.0 Å². The van der Waals surface area contributed by atoms with Crippen molar-refractivity contribution < 1.29 is 4.74 Å². The van der Waals surface area contributed by atoms with E-state index >= 15 is 0 Å². The molecule has 0 fully saturated rings. The number of nitrogens with two attached hydrogens (primary N) is 1. The summed E-state index contributed by atoms with van der Waals surface area (Å²) >= 11 is 0. The zero-order chi connectivity index (χ0) is 9.68. The van der Waals surface area contributed by atoms with Gasteiger partial charge in [0.25, 0.3) is 0 Å². The van der Waals surface area contributed by atoms with Gasteiger partial charge in [0.05, 0.1) is 13.2 Å². The van der Waals surface area contributed by atoms with Gasteiger partial charge in [0, 0.05) is 13.7 Å². The molecule has 0 aliphatic carbocycles. The number of aromatic nitrogens is 4. The maximum absolute atomic E-state index is 5.45. The van der Waals surface area contributed by atoms with Crippen LogP contribution in [0.3, 0.4) is 0 Å². The van der Waals surface area contributed by atoms with Gasteiger partial charge >= 0.3 is 0 Å². The first-order chi connectivity index (χ1) is 6.27. The van der Waals surface area contributed by atoms with Crippen molar-refractivity contribution in [3.05, 3.63) is 5.82 Å². The van der Waals surface area contributed by atoms with Gasteiger partial charge in [0.15, 0.2) is 5.82 Å². The van der Waals surface area contributed by atoms with Crippen molar-refractivity contribution in [2.24, 2.45) is 11.7 Å². The summed E-state index contributed by atoms with van der Waals surface area (Å²) in [5.41, 5.74) is 5.45. The Morgan fingerprint density at radius 3 is 3.00 bits per heavy atom. The van der Waals surface area contributed by atoms with Crippen LogP contribution in [0.5, 0.6) is 0 Å². The van der Waals surface area contributed by atoms with Crippen LogP contribution in [0, 0.1) is 5.92 Å². The second kappa shape index (κ2) is 4.88. The Bertz CT molecular complexity index is 249. The monoisotopic (exact) mass is 185 g/mol. The van der Waals surface area contributed by atoms with Crippen LogP contribution >= 0.6 is 0 Å². The molecule has 0 aliphatic rings. The molecule has 0 radical (unpaired) electrons. The average molecular weight is 185 g/mol. The van der Waals surface area contributed by atoms with E-state index in [2.05, 4.69) is 22.4 Å². The summed E-state index contributed by atoms with van der Waals surface area (Å²) < 4.78 is 6.72. The van der Waals surface area contributed by atoms with Gasteiger partial charge in [-0.25, -0.2) is 4.68 Å². The van der Waals surface area contributed by atoms with Crippen LogP contribution in [0.1, 0.15) is 12.7 Å². The molecule has 1 rings (SSSR count). The average Bonchev–Trinajstić information content (AvgIpc) is 2.52. The first-order valence-corrected chi connectivity index (χ1v) is 4.22. The zero-order valence-corrected chi connectivity index (χ0v) is 7.97. The zero-order valence-electron chi connectivity index (χ0n) is 7.97. The maximum atomic E-state index is 5.45. The van der Waals surface area contributed by atoms with Crippen LogP contribution in [0.2, 0.25) is 0 Å². The largest absolute Gasteiger partial charge is 0.384 e. The minimum Gasteiger partial charge on any atom is -0.384 e. The fraction of sp³-hybridized carbons (Fsp3) is 0.857. The second-order valence-electron chi connectivity index (χ2n) is 3.04. The molecule has 1 aromatic heterocycles. The molecule has 0 aliphatic heterocycles. The number of nitrogens with zero attached hydrogens (tertiary/aromatic N) is 4. The maximum Gasteiger partial charge on any atom is 0.164 e. The van der Waals surface area contributed by atoms with E-state index in [-0.39, 0.29) is 0 Å². The predicted octanol–water partition coefficient (Wildman–Crippen LogP) is -0.586. The van der Waals surface area contributed by atoms with Gasteiger partial charge in [-0.05, 0) is 16.3 Å². The lowest BCUT2D eigenvalue weighted by molar-refractivity contribution is 0.148. The Kier molecular flexibility index (Phi) is 3.78. The third-order valence-electron chi connectivity index (χ3n) is 1.72. The van der Waals surface area contributed by atoms with E-state index < -0.39 is 0 Å². The fourth-order valence-electron chi connectivity index (χ4n) is 1.14. The van der Waals surface area contributed by atoms with E-state index in [9.17, 15) is 0 Å². The number of hydrogen-bond acceptors (Lipinski definition) is 5. The van der Waals surface area contributed by atoms with Gasteiger partial charge in [-0.3, -0.25) is 0 Å². The molecular weight excluding hydrogens is 170 g/mol. The summed E-state index contributed by atoms with van der Waals surface area (Å²) in [5.74, 6) is 1.10. The molecule has 74 valence electrons. The first kappa shape index (κ1) is 10.1. The first-order valence-electron chi connectivity index (χ1n) is 4.22. The molecule has 1 heterocycles. The highest BCUT2D eigenvalue weighted by Gasteiger charge is 2.08. The quantitative estimate of drug-likeness (QED) is 0.663. The summed E-state index contributed by atoms with van der Waals surface area (Å²) in [6.07, 6.45) is 0. The molecule has 2 N–H and O–H groups in total. The van der Waals surface area contributed by atoms with Gasteiger partial charge in [0.1, 0.15) is 0 Å². The summed E-state index contributed by atoms with van der Waals surface area (Å²) in [6.45, 7) is 3.88. The van der Waals surface area contributed by atoms with Gasteiger partial charge in [-0.2, -0.15) is 0 Å². The Balaban J connectivity index is 2.52. The summed E-state index contributed by atoms with van der Waals surface area (Å²) in [7, 11) is 1.68. The van der Waals surface area contributed by atoms with E-state index in [1.54, 1.807) is 11.8 Å². The standard InChI is InChI=1S/C7H15N5O/c1-6(5-13-2)4-12-7(3-8)9-10-11-12/h6H,3-5,8H2,1-2H3. The molecule has 0 aromatic carbocycles. The number of ether oxygens (including phenoxy) is 1. The van der Waals surface area contributed by atoms with E-state index in [0.717, 1.165) is 6.54 Å². The van der Waals surface area contributed by atoms with E-state index in [4.69, 9.17) is 10.5 Å². The van der Waals surface area contributed by atoms with E-state index in [1.165, 1.54) is 0 Å². The molecule has 0 bridgehead atoms. The summed E-state index contributed by atoms with van der Waals surface area (Å²) in [6, 6.07) is 0. The fourth-order valence-corrected chi connectivity index (χ4v) is 1.14. The van der Waals surface area contributed by atoms with Crippen molar-refractivity contribution >= 4 is 0 Å². The van der Waals surface area contributed by atoms with Crippen molar-refractivity contribution in [3.63, 3.8) is 0 Å². The predicted molar refractivity (Wildman–Crippen MR) is 46.7 cm³/mol.